The van der Waals surface area contributed by atoms with Crippen molar-refractivity contribution in [1.82, 2.24) is 44.7 Å². The van der Waals surface area contributed by atoms with E-state index in [1.54, 1.807) is 6.92 Å². The van der Waals surface area contributed by atoms with Crippen molar-refractivity contribution in [1.29, 1.82) is 0 Å². The summed E-state index contributed by atoms with van der Waals surface area (Å²) in [5.74, 6) is -0.448. The Bertz CT molecular complexity index is 2340. The summed E-state index contributed by atoms with van der Waals surface area (Å²) in [5.41, 5.74) is 6.53. The second-order valence-electron chi connectivity index (χ2n) is 14.8. The number of aryl methyl sites for hydroxylation is 1. The normalized spacial score (nSPS) is 30.0. The number of aromatic nitrogens is 8. The number of phosphoric ester groups is 2. The molecule has 2 saturated heterocycles. The number of nitrogens with two attached hydrogens (primary N) is 1. The van der Waals surface area contributed by atoms with Crippen LogP contribution in [0.4, 0.5) is 19.0 Å². The van der Waals surface area contributed by atoms with Gasteiger partial charge >= 0.3 is 27.8 Å². The zero-order chi connectivity index (χ0) is 44.7. The van der Waals surface area contributed by atoms with Crippen LogP contribution in [0.5, 0.6) is 0 Å². The molecule has 2 unspecified atom stereocenters. The number of ether oxygens (including phenoxy) is 2. The Morgan fingerprint density at radius 2 is 1.60 bits per heavy atom. The van der Waals surface area contributed by atoms with Crippen LogP contribution in [-0.4, -0.2) is 145 Å². The van der Waals surface area contributed by atoms with Crippen LogP contribution in [0.1, 0.15) is 54.3 Å². The van der Waals surface area contributed by atoms with Crippen LogP contribution in [-0.2, 0) is 32.0 Å². The number of anilines is 1. The molecule has 4 aromatic rings. The van der Waals surface area contributed by atoms with E-state index < -0.39 is 96.6 Å². The molecule has 1 amide bonds. The van der Waals surface area contributed by atoms with Crippen molar-refractivity contribution < 1.29 is 84.7 Å². The number of phosphoric acid groups is 2. The van der Waals surface area contributed by atoms with Gasteiger partial charge in [-0.25, -0.2) is 28.6 Å². The maximum absolute atomic E-state index is 13.1. The summed E-state index contributed by atoms with van der Waals surface area (Å²) in [6, 6.07) is 0.863. The van der Waals surface area contributed by atoms with Crippen LogP contribution >= 0.6 is 15.6 Å². The first-order chi connectivity index (χ1) is 29.2. The number of nitrogens with zero attached hydrogens (tertiary/aromatic N) is 8. The first-order valence-electron chi connectivity index (χ1n) is 18.8. The SMILES string of the molecule is Cc1cc(C(=O)NC2CCC(NCC(F)(F)F)CC2)nc(-n2cc[n+]([C@@H]3O[C@H](COP(=O)(O)OP(=O)(O)OC[C@H]4O[C@@H](n5cnc6c(N)ncnc65)[C@H](O)[C@@H]4O)[C@@H](O)[C@H]3O)c2)n1. The third-order valence-corrected chi connectivity index (χ3v) is 12.9. The predicted octanol–water partition coefficient (Wildman–Crippen LogP) is -1.03. The van der Waals surface area contributed by atoms with Crippen molar-refractivity contribution >= 4 is 38.5 Å². The molecule has 10 N–H and O–H groups in total. The number of rotatable bonds is 15. The molecular weight excluding hydrogens is 881 g/mol. The van der Waals surface area contributed by atoms with Crippen molar-refractivity contribution in [2.45, 2.75) is 99.9 Å². The molecule has 10 atom stereocenters. The Labute approximate surface area is 347 Å². The topological polar surface area (TPSA) is 347 Å². The highest BCUT2D eigenvalue weighted by molar-refractivity contribution is 7.61. The lowest BCUT2D eigenvalue weighted by Crippen LogP contribution is -2.45. The van der Waals surface area contributed by atoms with Crippen LogP contribution in [0.3, 0.4) is 0 Å². The molecule has 0 aromatic carbocycles. The Hall–Kier alpha value is -4.12. The molecule has 1 aliphatic carbocycles. The number of imidazole rings is 2. The molecule has 340 valence electrons. The van der Waals surface area contributed by atoms with Crippen molar-refractivity contribution in [3.8, 4) is 5.95 Å². The maximum atomic E-state index is 13.1. The Kier molecular flexibility index (Phi) is 13.4. The van der Waals surface area contributed by atoms with E-state index in [4.69, 9.17) is 24.3 Å². The molecule has 0 spiro atoms. The molecule has 7 rings (SSSR count). The molecule has 30 heteroatoms. The number of alkyl halides is 3. The molecule has 1 saturated carbocycles. The molecule has 0 bridgehead atoms. The lowest BCUT2D eigenvalue weighted by molar-refractivity contribution is -0.765. The van der Waals surface area contributed by atoms with Crippen molar-refractivity contribution in [2.24, 2.45) is 0 Å². The minimum atomic E-state index is -5.46. The molecule has 6 heterocycles. The van der Waals surface area contributed by atoms with Crippen molar-refractivity contribution in [2.75, 3.05) is 25.5 Å². The number of aliphatic hydroxyl groups is 4. The van der Waals surface area contributed by atoms with E-state index in [9.17, 15) is 57.3 Å². The van der Waals surface area contributed by atoms with Crippen LogP contribution in [0.25, 0.3) is 17.1 Å². The number of carbonyl (C=O) groups is 1. The molecule has 3 fully saturated rings. The number of amides is 1. The molecule has 2 aliphatic heterocycles. The van der Waals surface area contributed by atoms with Crippen LogP contribution in [0.2, 0.25) is 0 Å². The Morgan fingerprint density at radius 3 is 2.27 bits per heavy atom. The quantitative estimate of drug-likeness (QED) is 0.0508. The predicted molar refractivity (Wildman–Crippen MR) is 198 cm³/mol. The van der Waals surface area contributed by atoms with Gasteiger partial charge in [-0.15, -0.1) is 0 Å². The van der Waals surface area contributed by atoms with Crippen molar-refractivity contribution in [3.63, 3.8) is 0 Å². The van der Waals surface area contributed by atoms with Crippen LogP contribution in [0, 0.1) is 6.92 Å². The van der Waals surface area contributed by atoms with Gasteiger partial charge < -0.3 is 56.1 Å². The number of halogens is 3. The van der Waals surface area contributed by atoms with E-state index in [-0.39, 0.29) is 40.7 Å². The first kappa shape index (κ1) is 45.9. The largest absolute Gasteiger partial charge is 0.481 e. The number of hydrogen-bond acceptors (Lipinski definition) is 19. The number of hydrogen-bond donors (Lipinski definition) is 9. The third kappa shape index (κ3) is 10.6. The van der Waals surface area contributed by atoms with E-state index in [0.717, 1.165) is 6.33 Å². The zero-order valence-corrected chi connectivity index (χ0v) is 34.1. The minimum absolute atomic E-state index is 0.0156. The van der Waals surface area contributed by atoms with E-state index >= 15 is 0 Å². The lowest BCUT2D eigenvalue weighted by atomic mass is 9.91. The number of aliphatic hydroxyl groups excluding tert-OH is 4. The Balaban J connectivity index is 0.902. The summed E-state index contributed by atoms with van der Waals surface area (Å²) >= 11 is 0. The average Bonchev–Trinajstić information content (AvgIpc) is 3.99. The summed E-state index contributed by atoms with van der Waals surface area (Å²) in [5, 5.41) is 48.0. The maximum Gasteiger partial charge on any atom is 0.481 e. The number of nitrogen functional groups attached to an aromatic ring is 1. The van der Waals surface area contributed by atoms with Gasteiger partial charge in [0, 0.05) is 17.8 Å². The molecule has 4 aromatic heterocycles. The van der Waals surface area contributed by atoms with Gasteiger partial charge in [-0.1, -0.05) is 0 Å². The van der Waals surface area contributed by atoms with Crippen molar-refractivity contribution in [3.05, 3.63) is 48.8 Å². The monoisotopic (exact) mass is 924 g/mol. The van der Waals surface area contributed by atoms with Gasteiger partial charge in [0.2, 0.25) is 6.23 Å². The highest BCUT2D eigenvalue weighted by Crippen LogP contribution is 2.60. The first-order valence-corrected chi connectivity index (χ1v) is 21.8. The lowest BCUT2D eigenvalue weighted by Gasteiger charge is -2.30. The van der Waals surface area contributed by atoms with Gasteiger partial charge in [0.1, 0.15) is 66.6 Å². The van der Waals surface area contributed by atoms with Gasteiger partial charge in [0.05, 0.1) is 26.1 Å². The van der Waals surface area contributed by atoms with Crippen LogP contribution in [0.15, 0.2) is 37.4 Å². The summed E-state index contributed by atoms with van der Waals surface area (Å²) in [6.45, 7) is -1.33. The second-order valence-corrected chi connectivity index (χ2v) is 17.8. The molecule has 3 aliphatic rings. The fraction of sp³-hybridized carbons (Fsp3) is 0.594. The fourth-order valence-electron chi connectivity index (χ4n) is 7.16. The van der Waals surface area contributed by atoms with Gasteiger partial charge in [0.25, 0.3) is 12.2 Å². The van der Waals surface area contributed by atoms with E-state index in [1.807, 2.05) is 0 Å². The van der Waals surface area contributed by atoms with Gasteiger partial charge in [-0.2, -0.15) is 32.0 Å². The van der Waals surface area contributed by atoms with E-state index in [2.05, 4.69) is 39.9 Å². The number of nitrogens with one attached hydrogen (secondary N) is 2. The summed E-state index contributed by atoms with van der Waals surface area (Å²) in [4.78, 5) is 54.1. The molecular formula is C32H43F3N11O14P2+. The smallest absolute Gasteiger partial charge is 0.387 e. The average molecular weight is 925 g/mol. The third-order valence-electron chi connectivity index (χ3n) is 10.3. The van der Waals surface area contributed by atoms with Gasteiger partial charge in [0.15, 0.2) is 17.7 Å². The molecule has 0 radical (unpaired) electrons. The highest BCUT2D eigenvalue weighted by atomic mass is 31.3. The minimum Gasteiger partial charge on any atom is -0.387 e. The summed E-state index contributed by atoms with van der Waals surface area (Å²) < 4.78 is 92.2. The Morgan fingerprint density at radius 1 is 0.952 bits per heavy atom. The molecule has 62 heavy (non-hydrogen) atoms. The second kappa shape index (κ2) is 18.2. The standard InChI is InChI=1S/C32H42F3N11O14P2/c1-15-8-18(28(51)42-17-4-2-16(3-5-17)37-11-32(33,34)35)43-31(41-15)45-7-6-44(14-45)29-24(49)22(47)19(58-29)9-56-61(52,53)60-62(54,55)57-10-20-23(48)25(50)30(59-20)46-13-40-21-26(36)38-12-39-27(21)46/h6-8,12-14,16-17,19-20,22-25,29-30,37,47-50H,2-5,9-11H2,1H3,(H4-,36,38,39,42,51,52,53,54,55)/p+1/t16?,17?,19-,20-,22-,23-,24-,25-,29-,30-/m1/s1. The van der Waals surface area contributed by atoms with E-state index in [1.165, 1.54) is 44.8 Å². The number of carbonyl (C=O) groups excluding carboxylic acids is 1. The van der Waals surface area contributed by atoms with E-state index in [0.29, 0.717) is 31.4 Å². The number of fused-ring (bicyclic) bond motifs is 1. The fourth-order valence-corrected chi connectivity index (χ4v) is 9.25. The zero-order valence-electron chi connectivity index (χ0n) is 32.3. The summed E-state index contributed by atoms with van der Waals surface area (Å²) in [7, 11) is -10.9. The van der Waals surface area contributed by atoms with Gasteiger partial charge in [-0.05, 0) is 38.7 Å². The highest BCUT2D eigenvalue weighted by Gasteiger charge is 2.49. The summed E-state index contributed by atoms with van der Waals surface area (Å²) in [6.07, 6.45) is -8.18. The molecule has 25 nitrogen and oxygen atoms in total. The van der Waals surface area contributed by atoms with Gasteiger partial charge in [-0.3, -0.25) is 18.4 Å². The van der Waals surface area contributed by atoms with Crippen LogP contribution < -0.4 is 20.9 Å².